The minimum atomic E-state index is -0.731. The van der Waals surface area contributed by atoms with Gasteiger partial charge in [0.25, 0.3) is 11.6 Å². The van der Waals surface area contributed by atoms with Gasteiger partial charge >= 0.3 is 0 Å². The number of anilines is 1. The van der Waals surface area contributed by atoms with E-state index in [1.807, 2.05) is 6.92 Å². The predicted octanol–water partition coefficient (Wildman–Crippen LogP) is 3.71. The Hall–Kier alpha value is -3.09. The Bertz CT molecular complexity index is 776. The van der Waals surface area contributed by atoms with Crippen LogP contribution in [0.25, 0.3) is 0 Å². The van der Waals surface area contributed by atoms with Gasteiger partial charge in [0.05, 0.1) is 17.7 Å². The average Bonchev–Trinajstić information content (AvgIpc) is 2.61. The number of benzene rings is 2. The van der Waals surface area contributed by atoms with Crippen molar-refractivity contribution in [2.75, 3.05) is 12.4 Å². The molecule has 2 rings (SSSR count). The highest BCUT2D eigenvalue weighted by atomic mass is 16.6. The molecule has 0 saturated heterocycles. The molecule has 0 aromatic heterocycles. The number of ether oxygens (including phenoxy) is 2. The fourth-order valence-electron chi connectivity index (χ4n) is 2.23. The van der Waals surface area contributed by atoms with E-state index in [2.05, 4.69) is 5.32 Å². The number of hydrogen-bond donors (Lipinski definition) is 1. The van der Waals surface area contributed by atoms with Gasteiger partial charge in [-0.25, -0.2) is 0 Å². The van der Waals surface area contributed by atoms with E-state index in [-0.39, 0.29) is 11.6 Å². The summed E-state index contributed by atoms with van der Waals surface area (Å²) in [6.45, 7) is 3.59. The lowest BCUT2D eigenvalue weighted by molar-refractivity contribution is -0.384. The molecule has 0 aliphatic heterocycles. The predicted molar refractivity (Wildman–Crippen MR) is 94.2 cm³/mol. The lowest BCUT2D eigenvalue weighted by atomic mass is 10.1. The molecule has 0 heterocycles. The fraction of sp³-hybridized carbons (Fsp3) is 0.278. The maximum Gasteiger partial charge on any atom is 0.271 e. The summed E-state index contributed by atoms with van der Waals surface area (Å²) in [7, 11) is 1.55. The Morgan fingerprint density at radius 2 is 1.96 bits per heavy atom. The lowest BCUT2D eigenvalue weighted by Crippen LogP contribution is -2.32. The summed E-state index contributed by atoms with van der Waals surface area (Å²) in [5, 5.41) is 13.6. The zero-order chi connectivity index (χ0) is 18.4. The first-order valence-corrected chi connectivity index (χ1v) is 7.81. The van der Waals surface area contributed by atoms with Gasteiger partial charge in [0.2, 0.25) is 0 Å². The van der Waals surface area contributed by atoms with Crippen LogP contribution in [-0.2, 0) is 4.79 Å². The van der Waals surface area contributed by atoms with Crippen molar-refractivity contribution < 1.29 is 19.2 Å². The van der Waals surface area contributed by atoms with Crippen molar-refractivity contribution in [1.82, 2.24) is 0 Å². The topological polar surface area (TPSA) is 90.7 Å². The SMILES string of the molecule is CCC(Oc1cccc(OC)c1)C(=O)Nc1cc([N+](=O)[O-])ccc1C. The number of hydrogen-bond acceptors (Lipinski definition) is 5. The number of nitrogens with one attached hydrogen (secondary N) is 1. The molecule has 2 aromatic rings. The van der Waals surface area contributed by atoms with Crippen LogP contribution >= 0.6 is 0 Å². The first-order valence-electron chi connectivity index (χ1n) is 7.81. The molecule has 0 radical (unpaired) electrons. The van der Waals surface area contributed by atoms with Gasteiger partial charge in [0.15, 0.2) is 6.10 Å². The average molecular weight is 344 g/mol. The van der Waals surface area contributed by atoms with Crippen LogP contribution in [0.15, 0.2) is 42.5 Å². The molecular formula is C18H20N2O5. The van der Waals surface area contributed by atoms with Crippen molar-refractivity contribution in [1.29, 1.82) is 0 Å². The Morgan fingerprint density at radius 3 is 2.60 bits per heavy atom. The molecule has 0 aliphatic rings. The summed E-state index contributed by atoms with van der Waals surface area (Å²) >= 11 is 0. The maximum absolute atomic E-state index is 12.5. The number of nitro groups is 1. The van der Waals surface area contributed by atoms with E-state index in [0.717, 1.165) is 5.56 Å². The van der Waals surface area contributed by atoms with E-state index < -0.39 is 11.0 Å². The van der Waals surface area contributed by atoms with Crippen molar-refractivity contribution in [2.24, 2.45) is 0 Å². The summed E-state index contributed by atoms with van der Waals surface area (Å²) in [4.78, 5) is 22.9. The molecule has 7 heteroatoms. The van der Waals surface area contributed by atoms with Gasteiger partial charge in [-0.05, 0) is 31.0 Å². The number of carbonyl (C=O) groups is 1. The van der Waals surface area contributed by atoms with Gasteiger partial charge in [-0.1, -0.05) is 19.1 Å². The number of amides is 1. The summed E-state index contributed by atoms with van der Waals surface area (Å²) in [5.74, 6) is 0.772. The fourth-order valence-corrected chi connectivity index (χ4v) is 2.23. The second-order valence-corrected chi connectivity index (χ2v) is 5.44. The van der Waals surface area contributed by atoms with E-state index in [1.54, 1.807) is 44.4 Å². The minimum absolute atomic E-state index is 0.0809. The monoisotopic (exact) mass is 344 g/mol. The third-order valence-corrected chi connectivity index (χ3v) is 3.67. The molecule has 132 valence electrons. The van der Waals surface area contributed by atoms with Crippen molar-refractivity contribution in [3.63, 3.8) is 0 Å². The van der Waals surface area contributed by atoms with Gasteiger partial charge in [-0.15, -0.1) is 0 Å². The number of nitrogens with zero attached hydrogens (tertiary/aromatic N) is 1. The van der Waals surface area contributed by atoms with Crippen molar-refractivity contribution in [3.8, 4) is 11.5 Å². The Kier molecular flexibility index (Phi) is 5.94. The second kappa shape index (κ2) is 8.14. The summed E-state index contributed by atoms with van der Waals surface area (Å²) < 4.78 is 10.9. The first kappa shape index (κ1) is 18.3. The van der Waals surface area contributed by atoms with Crippen LogP contribution < -0.4 is 14.8 Å². The molecule has 1 unspecified atom stereocenters. The first-order chi connectivity index (χ1) is 11.9. The molecule has 1 N–H and O–H groups in total. The molecule has 0 bridgehead atoms. The largest absolute Gasteiger partial charge is 0.497 e. The molecule has 2 aromatic carbocycles. The van der Waals surface area contributed by atoms with Crippen LogP contribution in [0.2, 0.25) is 0 Å². The van der Waals surface area contributed by atoms with E-state index in [1.165, 1.54) is 12.1 Å². The highest BCUT2D eigenvalue weighted by Crippen LogP contribution is 2.24. The minimum Gasteiger partial charge on any atom is -0.497 e. The number of aryl methyl sites for hydroxylation is 1. The van der Waals surface area contributed by atoms with Crippen molar-refractivity contribution in [2.45, 2.75) is 26.4 Å². The van der Waals surface area contributed by atoms with Crippen LogP contribution in [0.1, 0.15) is 18.9 Å². The van der Waals surface area contributed by atoms with Gasteiger partial charge in [0, 0.05) is 18.2 Å². The summed E-state index contributed by atoms with van der Waals surface area (Å²) in [6, 6.07) is 11.3. The van der Waals surface area contributed by atoms with Crippen LogP contribution in [0.5, 0.6) is 11.5 Å². The Labute approximate surface area is 145 Å². The third kappa shape index (κ3) is 4.69. The van der Waals surface area contributed by atoms with Gasteiger partial charge in [0.1, 0.15) is 11.5 Å². The summed E-state index contributed by atoms with van der Waals surface area (Å²) in [6.07, 6.45) is -0.289. The number of non-ortho nitro benzene ring substituents is 1. The van der Waals surface area contributed by atoms with E-state index in [0.29, 0.717) is 23.6 Å². The molecule has 0 aliphatic carbocycles. The standard InChI is InChI=1S/C18H20N2O5/c1-4-17(25-15-7-5-6-14(11-15)24-3)18(21)19-16-10-13(20(22)23)9-8-12(16)2/h5-11,17H,4H2,1-3H3,(H,19,21). The van der Waals surface area contributed by atoms with Gasteiger partial charge < -0.3 is 14.8 Å². The molecule has 0 saturated carbocycles. The number of methoxy groups -OCH3 is 1. The zero-order valence-corrected chi connectivity index (χ0v) is 14.3. The Balaban J connectivity index is 2.14. The summed E-state index contributed by atoms with van der Waals surface area (Å²) in [5.41, 5.74) is 1.05. The molecule has 0 spiro atoms. The van der Waals surface area contributed by atoms with E-state index in [4.69, 9.17) is 9.47 Å². The van der Waals surface area contributed by atoms with Crippen LogP contribution in [0, 0.1) is 17.0 Å². The Morgan fingerprint density at radius 1 is 1.24 bits per heavy atom. The van der Waals surface area contributed by atoms with Gasteiger partial charge in [-0.3, -0.25) is 14.9 Å². The third-order valence-electron chi connectivity index (χ3n) is 3.67. The molecule has 1 amide bonds. The quantitative estimate of drug-likeness (QED) is 0.611. The number of carbonyl (C=O) groups excluding carboxylic acids is 1. The van der Waals surface area contributed by atoms with E-state index >= 15 is 0 Å². The normalized spacial score (nSPS) is 11.5. The lowest BCUT2D eigenvalue weighted by Gasteiger charge is -2.18. The molecular weight excluding hydrogens is 324 g/mol. The van der Waals surface area contributed by atoms with Crippen LogP contribution in [0.4, 0.5) is 11.4 Å². The molecule has 1 atom stereocenters. The van der Waals surface area contributed by atoms with Gasteiger partial charge in [-0.2, -0.15) is 0 Å². The van der Waals surface area contributed by atoms with Crippen molar-refractivity contribution >= 4 is 17.3 Å². The van der Waals surface area contributed by atoms with Crippen molar-refractivity contribution in [3.05, 3.63) is 58.1 Å². The second-order valence-electron chi connectivity index (χ2n) is 5.44. The van der Waals surface area contributed by atoms with E-state index in [9.17, 15) is 14.9 Å². The smallest absolute Gasteiger partial charge is 0.271 e. The highest BCUT2D eigenvalue weighted by molar-refractivity contribution is 5.95. The van der Waals surface area contributed by atoms with Crippen LogP contribution in [-0.4, -0.2) is 24.0 Å². The molecule has 25 heavy (non-hydrogen) atoms. The molecule has 0 fully saturated rings. The van der Waals surface area contributed by atoms with Crippen LogP contribution in [0.3, 0.4) is 0 Å². The maximum atomic E-state index is 12.5. The zero-order valence-electron chi connectivity index (χ0n) is 14.3. The highest BCUT2D eigenvalue weighted by Gasteiger charge is 2.20. The number of rotatable bonds is 7. The molecule has 7 nitrogen and oxygen atoms in total. The number of nitro benzene ring substituents is 1.